The number of thioether (sulfide) groups is 1. The Morgan fingerprint density at radius 2 is 2.10 bits per heavy atom. The topological polar surface area (TPSA) is 49.4 Å². The molecule has 0 aliphatic carbocycles. The Kier molecular flexibility index (Phi) is 5.47. The van der Waals surface area contributed by atoms with Gasteiger partial charge in [-0.3, -0.25) is 9.59 Å². The third kappa shape index (κ3) is 4.00. The van der Waals surface area contributed by atoms with Gasteiger partial charge in [-0.2, -0.15) is 11.8 Å². The van der Waals surface area contributed by atoms with E-state index in [9.17, 15) is 9.59 Å². The molecule has 2 rings (SSSR count). The molecule has 5 heteroatoms. The minimum Gasteiger partial charge on any atom is -0.352 e. The maximum atomic E-state index is 11.6. The van der Waals surface area contributed by atoms with Gasteiger partial charge < -0.3 is 10.2 Å². The minimum atomic E-state index is 0.0816. The Morgan fingerprint density at radius 1 is 1.35 bits per heavy atom. The lowest BCUT2D eigenvalue weighted by Crippen LogP contribution is -2.24. The number of hydrogen-bond acceptors (Lipinski definition) is 3. The molecule has 1 heterocycles. The summed E-state index contributed by atoms with van der Waals surface area (Å²) < 4.78 is 0. The monoisotopic (exact) mass is 292 g/mol. The standard InChI is InChI=1S/C15H20N2O2S/c1-20-10-8-14(18)16-11-12-4-6-13(7-5-12)17-9-2-3-15(17)19/h4-7H,2-3,8-11H2,1H3,(H,16,18). The molecule has 0 bridgehead atoms. The van der Waals surface area contributed by atoms with Crippen LogP contribution in [-0.2, 0) is 16.1 Å². The van der Waals surface area contributed by atoms with Gasteiger partial charge in [-0.15, -0.1) is 0 Å². The second-order valence-electron chi connectivity index (χ2n) is 4.83. The van der Waals surface area contributed by atoms with Gasteiger partial charge in [-0.05, 0) is 30.4 Å². The number of carbonyl (C=O) groups is 2. The summed E-state index contributed by atoms with van der Waals surface area (Å²) in [5.74, 6) is 1.13. The minimum absolute atomic E-state index is 0.0816. The van der Waals surface area contributed by atoms with E-state index in [1.54, 1.807) is 11.8 Å². The van der Waals surface area contributed by atoms with Crippen molar-refractivity contribution in [3.8, 4) is 0 Å². The Morgan fingerprint density at radius 3 is 2.70 bits per heavy atom. The average Bonchev–Trinajstić information content (AvgIpc) is 2.89. The molecule has 20 heavy (non-hydrogen) atoms. The number of amides is 2. The lowest BCUT2D eigenvalue weighted by Gasteiger charge is -2.16. The number of hydrogen-bond donors (Lipinski definition) is 1. The predicted octanol–water partition coefficient (Wildman–Crippen LogP) is 2.18. The molecule has 2 amide bonds. The van der Waals surface area contributed by atoms with Crippen molar-refractivity contribution in [2.75, 3.05) is 23.5 Å². The Bertz CT molecular complexity index is 473. The van der Waals surface area contributed by atoms with Gasteiger partial charge in [0.15, 0.2) is 0 Å². The molecule has 1 aromatic carbocycles. The van der Waals surface area contributed by atoms with Crippen LogP contribution in [0.25, 0.3) is 0 Å². The fourth-order valence-electron chi connectivity index (χ4n) is 2.20. The number of rotatable bonds is 6. The SMILES string of the molecule is CSCCC(=O)NCc1ccc(N2CCCC2=O)cc1. The quantitative estimate of drug-likeness (QED) is 0.874. The molecule has 1 aromatic rings. The van der Waals surface area contributed by atoms with Crippen LogP contribution in [0.2, 0.25) is 0 Å². The lowest BCUT2D eigenvalue weighted by atomic mass is 10.2. The van der Waals surface area contributed by atoms with Crippen LogP contribution in [0, 0.1) is 0 Å². The highest BCUT2D eigenvalue weighted by molar-refractivity contribution is 7.98. The first kappa shape index (κ1) is 14.9. The highest BCUT2D eigenvalue weighted by Gasteiger charge is 2.21. The molecule has 1 fully saturated rings. The summed E-state index contributed by atoms with van der Waals surface area (Å²) in [7, 11) is 0. The summed E-state index contributed by atoms with van der Waals surface area (Å²) in [4.78, 5) is 25.0. The lowest BCUT2D eigenvalue weighted by molar-refractivity contribution is -0.121. The molecule has 0 spiro atoms. The summed E-state index contributed by atoms with van der Waals surface area (Å²) in [6.07, 6.45) is 4.13. The molecular formula is C15H20N2O2S. The average molecular weight is 292 g/mol. The first-order chi connectivity index (χ1) is 9.70. The van der Waals surface area contributed by atoms with Gasteiger partial charge in [0.1, 0.15) is 0 Å². The number of carbonyl (C=O) groups excluding carboxylic acids is 2. The molecule has 1 N–H and O–H groups in total. The van der Waals surface area contributed by atoms with E-state index < -0.39 is 0 Å². The summed E-state index contributed by atoms with van der Waals surface area (Å²) >= 11 is 1.67. The van der Waals surface area contributed by atoms with Gasteiger partial charge in [-0.1, -0.05) is 12.1 Å². The van der Waals surface area contributed by atoms with Gasteiger partial charge in [-0.25, -0.2) is 0 Å². The van der Waals surface area contributed by atoms with Gasteiger partial charge in [0.25, 0.3) is 0 Å². The third-order valence-corrected chi connectivity index (χ3v) is 3.96. The Hall–Kier alpha value is -1.49. The van der Waals surface area contributed by atoms with Crippen LogP contribution in [0.3, 0.4) is 0 Å². The molecule has 4 nitrogen and oxygen atoms in total. The molecule has 0 unspecified atom stereocenters. The molecular weight excluding hydrogens is 272 g/mol. The fraction of sp³-hybridized carbons (Fsp3) is 0.467. The van der Waals surface area contributed by atoms with Crippen LogP contribution < -0.4 is 10.2 Å². The van der Waals surface area contributed by atoms with E-state index in [0.717, 1.165) is 30.0 Å². The van der Waals surface area contributed by atoms with Gasteiger partial charge in [0.05, 0.1) is 0 Å². The van der Waals surface area contributed by atoms with E-state index in [1.807, 2.05) is 35.4 Å². The summed E-state index contributed by atoms with van der Waals surface area (Å²) in [5, 5.41) is 2.90. The molecule has 0 atom stereocenters. The highest BCUT2D eigenvalue weighted by Crippen LogP contribution is 2.21. The first-order valence-corrected chi connectivity index (χ1v) is 8.25. The van der Waals surface area contributed by atoms with Crippen LogP contribution in [0.15, 0.2) is 24.3 Å². The third-order valence-electron chi connectivity index (χ3n) is 3.34. The van der Waals surface area contributed by atoms with Crippen molar-refractivity contribution in [1.82, 2.24) is 5.32 Å². The maximum absolute atomic E-state index is 11.6. The second kappa shape index (κ2) is 7.33. The van der Waals surface area contributed by atoms with Crippen LogP contribution in [-0.4, -0.2) is 30.4 Å². The molecule has 1 aliphatic heterocycles. The van der Waals surface area contributed by atoms with Crippen LogP contribution in [0.1, 0.15) is 24.8 Å². The van der Waals surface area contributed by atoms with Gasteiger partial charge >= 0.3 is 0 Å². The normalized spacial score (nSPS) is 14.7. The Balaban J connectivity index is 1.85. The maximum Gasteiger partial charge on any atom is 0.227 e. The zero-order chi connectivity index (χ0) is 14.4. The summed E-state index contributed by atoms with van der Waals surface area (Å²) in [6.45, 7) is 1.35. The number of benzene rings is 1. The molecule has 0 aromatic heterocycles. The highest BCUT2D eigenvalue weighted by atomic mass is 32.2. The molecule has 1 saturated heterocycles. The van der Waals surface area contributed by atoms with E-state index in [2.05, 4.69) is 5.32 Å². The summed E-state index contributed by atoms with van der Waals surface area (Å²) in [6, 6.07) is 7.84. The van der Waals surface area contributed by atoms with Crippen molar-refractivity contribution in [3.63, 3.8) is 0 Å². The molecule has 0 radical (unpaired) electrons. The van der Waals surface area contributed by atoms with Crippen molar-refractivity contribution in [3.05, 3.63) is 29.8 Å². The van der Waals surface area contributed by atoms with Crippen LogP contribution in [0.4, 0.5) is 5.69 Å². The van der Waals surface area contributed by atoms with Crippen LogP contribution >= 0.6 is 11.8 Å². The smallest absolute Gasteiger partial charge is 0.227 e. The number of anilines is 1. The molecule has 0 saturated carbocycles. The first-order valence-electron chi connectivity index (χ1n) is 6.85. The summed E-state index contributed by atoms with van der Waals surface area (Å²) in [5.41, 5.74) is 2.00. The zero-order valence-electron chi connectivity index (χ0n) is 11.7. The van der Waals surface area contributed by atoms with Gasteiger partial charge in [0, 0.05) is 37.4 Å². The zero-order valence-corrected chi connectivity index (χ0v) is 12.5. The van der Waals surface area contributed by atoms with E-state index in [-0.39, 0.29) is 11.8 Å². The van der Waals surface area contributed by atoms with Gasteiger partial charge in [0.2, 0.25) is 11.8 Å². The van der Waals surface area contributed by atoms with Crippen molar-refractivity contribution < 1.29 is 9.59 Å². The predicted molar refractivity (Wildman–Crippen MR) is 82.9 cm³/mol. The number of nitrogens with zero attached hydrogens (tertiary/aromatic N) is 1. The molecule has 1 aliphatic rings. The largest absolute Gasteiger partial charge is 0.352 e. The van der Waals surface area contributed by atoms with Crippen molar-refractivity contribution in [2.45, 2.75) is 25.8 Å². The van der Waals surface area contributed by atoms with E-state index >= 15 is 0 Å². The molecule has 108 valence electrons. The van der Waals surface area contributed by atoms with E-state index in [0.29, 0.717) is 19.4 Å². The second-order valence-corrected chi connectivity index (χ2v) is 5.82. The van der Waals surface area contributed by atoms with E-state index in [4.69, 9.17) is 0 Å². The van der Waals surface area contributed by atoms with E-state index in [1.165, 1.54) is 0 Å². The number of nitrogens with one attached hydrogen (secondary N) is 1. The van der Waals surface area contributed by atoms with Crippen molar-refractivity contribution in [2.24, 2.45) is 0 Å². The Labute approximate surface area is 123 Å². The fourth-order valence-corrected chi connectivity index (χ4v) is 2.59. The van der Waals surface area contributed by atoms with Crippen LogP contribution in [0.5, 0.6) is 0 Å². The van der Waals surface area contributed by atoms with Crippen molar-refractivity contribution in [1.29, 1.82) is 0 Å². The van der Waals surface area contributed by atoms with Crippen molar-refractivity contribution >= 4 is 29.3 Å².